The van der Waals surface area contributed by atoms with Crippen LogP contribution in [0.15, 0.2) is 35.9 Å². The minimum Gasteiger partial charge on any atom is -0.493 e. The smallest absolute Gasteiger partial charge is 0.266 e. The van der Waals surface area contributed by atoms with E-state index in [1.165, 1.54) is 27.4 Å². The van der Waals surface area contributed by atoms with Crippen molar-refractivity contribution in [2.75, 3.05) is 39.9 Å². The van der Waals surface area contributed by atoms with E-state index in [2.05, 4.69) is 5.32 Å². The van der Waals surface area contributed by atoms with Crippen molar-refractivity contribution in [3.8, 4) is 34.8 Å². The maximum absolute atomic E-state index is 12.6. The van der Waals surface area contributed by atoms with Crippen LogP contribution >= 0.6 is 0 Å². The lowest BCUT2D eigenvalue weighted by molar-refractivity contribution is -0.112. The first-order chi connectivity index (χ1) is 14.1. The van der Waals surface area contributed by atoms with E-state index in [0.717, 1.165) is 0 Å². The van der Waals surface area contributed by atoms with Gasteiger partial charge in [0, 0.05) is 17.3 Å². The Balaban J connectivity index is 1.88. The molecule has 1 N–H and O–H groups in total. The van der Waals surface area contributed by atoms with Gasteiger partial charge >= 0.3 is 0 Å². The van der Waals surface area contributed by atoms with Gasteiger partial charge in [0.25, 0.3) is 5.91 Å². The summed E-state index contributed by atoms with van der Waals surface area (Å²) in [6.45, 7) is 0.917. The fourth-order valence-corrected chi connectivity index (χ4v) is 2.86. The molecule has 1 aliphatic rings. The third kappa shape index (κ3) is 4.19. The van der Waals surface area contributed by atoms with Crippen LogP contribution in [0.25, 0.3) is 6.08 Å². The van der Waals surface area contributed by atoms with Crippen LogP contribution in [-0.4, -0.2) is 40.5 Å². The summed E-state index contributed by atoms with van der Waals surface area (Å²) in [4.78, 5) is 12.6. The first-order valence-electron chi connectivity index (χ1n) is 8.73. The van der Waals surface area contributed by atoms with Gasteiger partial charge in [-0.3, -0.25) is 4.79 Å². The highest BCUT2D eigenvalue weighted by Crippen LogP contribution is 2.40. The van der Waals surface area contributed by atoms with Crippen molar-refractivity contribution in [2.45, 2.75) is 0 Å². The number of nitrogens with zero attached hydrogens (tertiary/aromatic N) is 1. The Labute approximate surface area is 168 Å². The molecule has 1 amide bonds. The number of fused-ring (bicyclic) bond motifs is 1. The van der Waals surface area contributed by atoms with Crippen LogP contribution in [0, 0.1) is 11.3 Å². The second kappa shape index (κ2) is 8.89. The zero-order chi connectivity index (χ0) is 20.8. The number of anilines is 1. The minimum atomic E-state index is -0.569. The van der Waals surface area contributed by atoms with Crippen molar-refractivity contribution in [2.24, 2.45) is 0 Å². The van der Waals surface area contributed by atoms with E-state index in [9.17, 15) is 10.1 Å². The summed E-state index contributed by atoms with van der Waals surface area (Å²) in [7, 11) is 4.46. The normalized spacial score (nSPS) is 12.6. The Kier molecular flexibility index (Phi) is 6.09. The van der Waals surface area contributed by atoms with E-state index in [-0.39, 0.29) is 5.57 Å². The van der Waals surface area contributed by atoms with Crippen molar-refractivity contribution in [1.82, 2.24) is 0 Å². The fourth-order valence-electron chi connectivity index (χ4n) is 2.86. The Morgan fingerprint density at radius 2 is 1.76 bits per heavy atom. The number of ether oxygens (including phenoxy) is 5. The van der Waals surface area contributed by atoms with Gasteiger partial charge in [-0.05, 0) is 30.3 Å². The molecule has 8 nitrogen and oxygen atoms in total. The lowest BCUT2D eigenvalue weighted by atomic mass is 10.1. The van der Waals surface area contributed by atoms with Gasteiger partial charge in [-0.15, -0.1) is 0 Å². The van der Waals surface area contributed by atoms with Crippen LogP contribution in [0.1, 0.15) is 5.56 Å². The molecule has 0 bridgehead atoms. The van der Waals surface area contributed by atoms with Crippen LogP contribution in [0.4, 0.5) is 5.69 Å². The predicted molar refractivity (Wildman–Crippen MR) is 106 cm³/mol. The number of carbonyl (C=O) groups is 1. The Morgan fingerprint density at radius 1 is 1.03 bits per heavy atom. The molecule has 0 aliphatic carbocycles. The molecule has 3 rings (SSSR count). The average molecular weight is 396 g/mol. The van der Waals surface area contributed by atoms with E-state index in [1.807, 2.05) is 6.07 Å². The second-order valence-corrected chi connectivity index (χ2v) is 5.91. The maximum Gasteiger partial charge on any atom is 0.266 e. The van der Waals surface area contributed by atoms with Gasteiger partial charge in [0.2, 0.25) is 5.75 Å². The quantitative estimate of drug-likeness (QED) is 0.592. The number of amides is 1. The third-order valence-electron chi connectivity index (χ3n) is 4.20. The van der Waals surface area contributed by atoms with E-state index >= 15 is 0 Å². The molecule has 1 aliphatic heterocycles. The molecule has 0 saturated heterocycles. The Hall–Kier alpha value is -3.86. The number of hydrogen-bond acceptors (Lipinski definition) is 7. The number of nitriles is 1. The monoisotopic (exact) mass is 396 g/mol. The van der Waals surface area contributed by atoms with Gasteiger partial charge in [-0.25, -0.2) is 0 Å². The number of rotatable bonds is 6. The summed E-state index contributed by atoms with van der Waals surface area (Å²) in [5.41, 5.74) is 0.879. The standard InChI is InChI=1S/C21H20N2O6/c1-25-17-6-4-13(19(26-2)20(17)27-3)10-14(12-22)21(24)23-15-5-7-16-18(11-15)29-9-8-28-16/h4-7,10-11H,8-9H2,1-3H3,(H,23,24)/b14-10+. The van der Waals surface area contributed by atoms with Crippen LogP contribution < -0.4 is 29.0 Å². The molecule has 0 spiro atoms. The molecule has 2 aromatic carbocycles. The van der Waals surface area contributed by atoms with E-state index in [0.29, 0.717) is 53.2 Å². The van der Waals surface area contributed by atoms with Crippen LogP contribution in [0.2, 0.25) is 0 Å². The summed E-state index contributed by atoms with van der Waals surface area (Å²) in [5.74, 6) is 1.78. The Bertz CT molecular complexity index is 993. The van der Waals surface area contributed by atoms with Crippen LogP contribution in [0.5, 0.6) is 28.7 Å². The van der Waals surface area contributed by atoms with Crippen LogP contribution in [0.3, 0.4) is 0 Å². The number of nitrogens with one attached hydrogen (secondary N) is 1. The molecule has 0 atom stereocenters. The van der Waals surface area contributed by atoms with Gasteiger partial charge < -0.3 is 29.0 Å². The van der Waals surface area contributed by atoms with Crippen molar-refractivity contribution in [1.29, 1.82) is 5.26 Å². The highest BCUT2D eigenvalue weighted by molar-refractivity contribution is 6.10. The SMILES string of the molecule is COc1ccc(/C=C(\C#N)C(=O)Nc2ccc3c(c2)OCCO3)c(OC)c1OC. The molecule has 29 heavy (non-hydrogen) atoms. The van der Waals surface area contributed by atoms with Crippen LogP contribution in [-0.2, 0) is 4.79 Å². The lowest BCUT2D eigenvalue weighted by Crippen LogP contribution is -2.17. The van der Waals surface area contributed by atoms with Crippen molar-refractivity contribution >= 4 is 17.7 Å². The van der Waals surface area contributed by atoms with E-state index in [4.69, 9.17) is 23.7 Å². The molecule has 0 aromatic heterocycles. The van der Waals surface area contributed by atoms with Gasteiger partial charge in [0.05, 0.1) is 21.3 Å². The molecule has 2 aromatic rings. The summed E-state index contributed by atoms with van der Waals surface area (Å²) in [6, 6.07) is 10.3. The fraction of sp³-hybridized carbons (Fsp3) is 0.238. The molecule has 150 valence electrons. The molecule has 0 unspecified atom stereocenters. The largest absolute Gasteiger partial charge is 0.493 e. The summed E-state index contributed by atoms with van der Waals surface area (Å²) >= 11 is 0. The second-order valence-electron chi connectivity index (χ2n) is 5.91. The van der Waals surface area contributed by atoms with Crippen molar-refractivity contribution in [3.63, 3.8) is 0 Å². The number of benzene rings is 2. The molecule has 1 heterocycles. The average Bonchev–Trinajstić information content (AvgIpc) is 2.76. The summed E-state index contributed by atoms with van der Waals surface area (Å²) in [5, 5.41) is 12.2. The highest BCUT2D eigenvalue weighted by atomic mass is 16.6. The zero-order valence-electron chi connectivity index (χ0n) is 16.3. The van der Waals surface area contributed by atoms with E-state index < -0.39 is 5.91 Å². The summed E-state index contributed by atoms with van der Waals surface area (Å²) in [6.07, 6.45) is 1.42. The zero-order valence-corrected chi connectivity index (χ0v) is 16.3. The number of hydrogen-bond donors (Lipinski definition) is 1. The summed E-state index contributed by atoms with van der Waals surface area (Å²) < 4.78 is 26.9. The van der Waals surface area contributed by atoms with Gasteiger partial charge in [-0.2, -0.15) is 5.26 Å². The van der Waals surface area contributed by atoms with Gasteiger partial charge in [-0.1, -0.05) is 0 Å². The lowest BCUT2D eigenvalue weighted by Gasteiger charge is -2.19. The number of carbonyl (C=O) groups excluding carboxylic acids is 1. The predicted octanol–water partition coefficient (Wildman–Crippen LogP) is 3.03. The Morgan fingerprint density at radius 3 is 2.41 bits per heavy atom. The maximum atomic E-state index is 12.6. The molecule has 0 radical (unpaired) electrons. The van der Waals surface area contributed by atoms with E-state index in [1.54, 1.807) is 30.3 Å². The molecular weight excluding hydrogens is 376 g/mol. The third-order valence-corrected chi connectivity index (χ3v) is 4.20. The van der Waals surface area contributed by atoms with Gasteiger partial charge in [0.15, 0.2) is 23.0 Å². The van der Waals surface area contributed by atoms with Crippen molar-refractivity contribution < 1.29 is 28.5 Å². The minimum absolute atomic E-state index is 0.106. The molecule has 8 heteroatoms. The molecular formula is C21H20N2O6. The van der Waals surface area contributed by atoms with Gasteiger partial charge in [0.1, 0.15) is 24.9 Å². The molecule has 0 saturated carbocycles. The topological polar surface area (TPSA) is 99.0 Å². The first kappa shape index (κ1) is 19.9. The number of methoxy groups -OCH3 is 3. The van der Waals surface area contributed by atoms with Crippen molar-refractivity contribution in [3.05, 3.63) is 41.5 Å². The molecule has 0 fully saturated rings. The first-order valence-corrected chi connectivity index (χ1v) is 8.73. The highest BCUT2D eigenvalue weighted by Gasteiger charge is 2.18.